The number of aryl methyl sites for hydroxylation is 1. The zero-order valence-corrected chi connectivity index (χ0v) is 25.9. The minimum Gasteiger partial charge on any atom is -0.493 e. The number of ether oxygens (including phenoxy) is 2. The molecule has 1 aromatic heterocycles. The van der Waals surface area contributed by atoms with E-state index in [1.54, 1.807) is 25.3 Å². The van der Waals surface area contributed by atoms with Crippen molar-refractivity contribution in [3.05, 3.63) is 122 Å². The molecular weight excluding hydrogens is 636 g/mol. The van der Waals surface area contributed by atoms with Gasteiger partial charge in [0.05, 0.1) is 23.5 Å². The summed E-state index contributed by atoms with van der Waals surface area (Å²) < 4.78 is 12.2. The number of amides is 1. The maximum atomic E-state index is 12.7. The summed E-state index contributed by atoms with van der Waals surface area (Å²) in [4.78, 5) is 17.4. The summed E-state index contributed by atoms with van der Waals surface area (Å²) in [6, 6.07) is 26.5. The van der Waals surface area contributed by atoms with Gasteiger partial charge < -0.3 is 14.8 Å². The first-order valence-electron chi connectivity index (χ1n) is 12.9. The quantitative estimate of drug-likeness (QED) is 0.116. The molecule has 0 aliphatic rings. The van der Waals surface area contributed by atoms with Crippen LogP contribution in [0.2, 0.25) is 5.02 Å². The van der Waals surface area contributed by atoms with Gasteiger partial charge >= 0.3 is 0 Å². The van der Waals surface area contributed by atoms with Crippen LogP contribution in [0.15, 0.2) is 99.9 Å². The summed E-state index contributed by atoms with van der Waals surface area (Å²) in [5.74, 6) is 0.722. The van der Waals surface area contributed by atoms with Crippen molar-refractivity contribution in [1.82, 2.24) is 10.4 Å². The van der Waals surface area contributed by atoms with Crippen molar-refractivity contribution in [2.45, 2.75) is 13.5 Å². The van der Waals surface area contributed by atoms with E-state index in [0.717, 1.165) is 27.6 Å². The Morgan fingerprint density at radius 2 is 1.83 bits per heavy atom. The molecule has 5 aromatic rings. The first kappa shape index (κ1) is 29.3. The third kappa shape index (κ3) is 7.36. The number of rotatable bonds is 10. The Labute approximate surface area is 261 Å². The van der Waals surface area contributed by atoms with E-state index in [1.165, 1.54) is 23.1 Å². The number of carbonyl (C=O) groups excluding carboxylic acids is 1. The molecule has 0 bridgehead atoms. The van der Waals surface area contributed by atoms with Crippen LogP contribution >= 0.6 is 38.9 Å². The second-order valence-corrected chi connectivity index (χ2v) is 11.3. The first-order chi connectivity index (χ1) is 20.4. The number of carbonyl (C=O) groups is 1. The fraction of sp³-hybridized carbons (Fsp3) is 0.0938. The molecule has 0 atom stereocenters. The summed E-state index contributed by atoms with van der Waals surface area (Å²) in [5, 5.41) is 10.9. The molecule has 0 radical (unpaired) electrons. The highest BCUT2D eigenvalue weighted by Crippen LogP contribution is 2.37. The number of benzene rings is 4. The van der Waals surface area contributed by atoms with E-state index in [9.17, 15) is 4.79 Å². The normalized spacial score (nSPS) is 11.0. The average Bonchev–Trinajstić information content (AvgIpc) is 3.47. The van der Waals surface area contributed by atoms with E-state index in [2.05, 4.69) is 55.8 Å². The van der Waals surface area contributed by atoms with Gasteiger partial charge in [-0.3, -0.25) is 4.79 Å². The van der Waals surface area contributed by atoms with Gasteiger partial charge in [-0.25, -0.2) is 10.4 Å². The second kappa shape index (κ2) is 13.7. The van der Waals surface area contributed by atoms with Crippen LogP contribution in [0.4, 0.5) is 10.8 Å². The maximum absolute atomic E-state index is 12.7. The predicted molar refractivity (Wildman–Crippen MR) is 174 cm³/mol. The van der Waals surface area contributed by atoms with E-state index in [0.29, 0.717) is 32.1 Å². The first-order valence-corrected chi connectivity index (χ1v) is 14.9. The number of thiazole rings is 1. The Kier molecular flexibility index (Phi) is 9.53. The minimum atomic E-state index is -0.330. The number of halogens is 2. The molecule has 10 heteroatoms. The van der Waals surface area contributed by atoms with Crippen molar-refractivity contribution in [3.63, 3.8) is 0 Å². The summed E-state index contributed by atoms with van der Waals surface area (Å²) >= 11 is 11.3. The molecular formula is C32H26BrClN4O3S. The third-order valence-corrected chi connectivity index (χ3v) is 7.93. The van der Waals surface area contributed by atoms with Crippen LogP contribution in [-0.4, -0.2) is 24.2 Å². The molecule has 0 spiro atoms. The molecule has 1 amide bonds. The number of methoxy groups -OCH3 is 1. The van der Waals surface area contributed by atoms with Crippen molar-refractivity contribution in [1.29, 1.82) is 0 Å². The average molecular weight is 662 g/mol. The van der Waals surface area contributed by atoms with Crippen molar-refractivity contribution < 1.29 is 14.3 Å². The van der Waals surface area contributed by atoms with Crippen molar-refractivity contribution >= 4 is 61.8 Å². The summed E-state index contributed by atoms with van der Waals surface area (Å²) in [5.41, 5.74) is 8.55. The number of anilines is 2. The molecule has 7 nitrogen and oxygen atoms in total. The summed E-state index contributed by atoms with van der Waals surface area (Å²) in [7, 11) is 1.56. The molecule has 5 rings (SSSR count). The van der Waals surface area contributed by atoms with E-state index in [-0.39, 0.29) is 12.5 Å². The number of hydrazone groups is 1. The molecule has 0 unspecified atom stereocenters. The topological polar surface area (TPSA) is 84.8 Å². The van der Waals surface area contributed by atoms with E-state index in [4.69, 9.17) is 21.1 Å². The van der Waals surface area contributed by atoms with Gasteiger partial charge in [0.1, 0.15) is 6.61 Å². The molecule has 1 heterocycles. The van der Waals surface area contributed by atoms with Crippen LogP contribution in [-0.2, 0) is 6.61 Å². The Hall–Kier alpha value is -4.18. The van der Waals surface area contributed by atoms with Gasteiger partial charge in [0.25, 0.3) is 5.91 Å². The van der Waals surface area contributed by atoms with Crippen molar-refractivity contribution in [2.24, 2.45) is 5.10 Å². The molecule has 4 aromatic carbocycles. The van der Waals surface area contributed by atoms with Crippen LogP contribution in [0.1, 0.15) is 27.0 Å². The lowest BCUT2D eigenvalue weighted by Gasteiger charge is -2.14. The van der Waals surface area contributed by atoms with E-state index in [1.807, 2.05) is 60.0 Å². The number of nitrogens with one attached hydrogen (secondary N) is 2. The number of nitrogens with zero attached hydrogens (tertiary/aromatic N) is 2. The Bertz CT molecular complexity index is 1720. The molecule has 0 saturated heterocycles. The highest BCUT2D eigenvalue weighted by atomic mass is 79.9. The standard InChI is InChI=1S/C32H26BrClN4O3S/c1-20-7-13-25(14-8-20)36-32-37-28(19-42-32)22-9-11-23(12-10-22)31(39)38-35-17-21-15-26(33)30(29(16-21)40-2)41-18-24-5-3-4-6-27(24)34/h3-17,19H,18H2,1-2H3,(H,36,37)(H,38,39)/b35-17-. The minimum absolute atomic E-state index is 0.283. The fourth-order valence-electron chi connectivity index (χ4n) is 3.97. The molecule has 2 N–H and O–H groups in total. The lowest BCUT2D eigenvalue weighted by molar-refractivity contribution is 0.0955. The van der Waals surface area contributed by atoms with Crippen LogP contribution in [0.5, 0.6) is 11.5 Å². The Morgan fingerprint density at radius 1 is 1.07 bits per heavy atom. The molecule has 0 fully saturated rings. The van der Waals surface area contributed by atoms with Gasteiger partial charge in [0.15, 0.2) is 16.6 Å². The summed E-state index contributed by atoms with van der Waals surface area (Å²) in [6.45, 7) is 2.34. The maximum Gasteiger partial charge on any atom is 0.271 e. The smallest absolute Gasteiger partial charge is 0.271 e. The van der Waals surface area contributed by atoms with Crippen LogP contribution in [0.3, 0.4) is 0 Å². The number of hydrogen-bond acceptors (Lipinski definition) is 7. The Balaban J connectivity index is 1.19. The Morgan fingerprint density at radius 3 is 2.57 bits per heavy atom. The highest BCUT2D eigenvalue weighted by molar-refractivity contribution is 9.10. The lowest BCUT2D eigenvalue weighted by atomic mass is 10.1. The van der Waals surface area contributed by atoms with E-state index < -0.39 is 0 Å². The molecule has 0 aliphatic carbocycles. The van der Waals surface area contributed by atoms with Gasteiger partial charge in [0, 0.05) is 32.8 Å². The monoisotopic (exact) mass is 660 g/mol. The van der Waals surface area contributed by atoms with Gasteiger partial charge in [-0.05, 0) is 70.9 Å². The molecule has 0 saturated carbocycles. The predicted octanol–water partition coefficient (Wildman–Crippen LogP) is 8.63. The number of aromatic nitrogens is 1. The van der Waals surface area contributed by atoms with E-state index >= 15 is 0 Å². The molecule has 212 valence electrons. The zero-order valence-electron chi connectivity index (χ0n) is 22.7. The molecule has 42 heavy (non-hydrogen) atoms. The van der Waals surface area contributed by atoms with Gasteiger partial charge in [-0.15, -0.1) is 11.3 Å². The van der Waals surface area contributed by atoms with Crippen molar-refractivity contribution in [3.8, 4) is 22.8 Å². The molecule has 0 aliphatic heterocycles. The van der Waals surface area contributed by atoms with Crippen LogP contribution in [0.25, 0.3) is 11.3 Å². The van der Waals surface area contributed by atoms with Gasteiger partial charge in [0.2, 0.25) is 0 Å². The third-order valence-electron chi connectivity index (χ3n) is 6.21. The van der Waals surface area contributed by atoms with Crippen LogP contribution in [0, 0.1) is 6.92 Å². The SMILES string of the molecule is COc1cc(/C=N\NC(=O)c2ccc(-c3csc(Nc4ccc(C)cc4)n3)cc2)cc(Br)c1OCc1ccccc1Cl. The van der Waals surface area contributed by atoms with Crippen LogP contribution < -0.4 is 20.2 Å². The lowest BCUT2D eigenvalue weighted by Crippen LogP contribution is -2.17. The number of hydrogen-bond donors (Lipinski definition) is 2. The fourth-order valence-corrected chi connectivity index (χ4v) is 5.47. The second-order valence-electron chi connectivity index (χ2n) is 9.22. The summed E-state index contributed by atoms with van der Waals surface area (Å²) in [6.07, 6.45) is 1.54. The van der Waals surface area contributed by atoms with Gasteiger partial charge in [-0.2, -0.15) is 5.10 Å². The largest absolute Gasteiger partial charge is 0.493 e. The zero-order chi connectivity index (χ0) is 29.5. The highest BCUT2D eigenvalue weighted by Gasteiger charge is 2.13. The van der Waals surface area contributed by atoms with Gasteiger partial charge in [-0.1, -0.05) is 59.6 Å². The van der Waals surface area contributed by atoms with Crippen molar-refractivity contribution in [2.75, 3.05) is 12.4 Å².